The molecule has 142 valence electrons. The van der Waals surface area contributed by atoms with Gasteiger partial charge in [-0.2, -0.15) is 0 Å². The van der Waals surface area contributed by atoms with E-state index in [0.717, 1.165) is 18.4 Å². The highest BCUT2D eigenvalue weighted by atomic mass is 16.4. The van der Waals surface area contributed by atoms with Crippen LogP contribution in [0.25, 0.3) is 0 Å². The number of rotatable bonds is 6. The number of benzene rings is 2. The molecule has 27 heavy (non-hydrogen) atoms. The van der Waals surface area contributed by atoms with Crippen LogP contribution in [-0.4, -0.2) is 16.2 Å². The van der Waals surface area contributed by atoms with Gasteiger partial charge in [-0.3, -0.25) is 0 Å². The maximum absolute atomic E-state index is 11.0. The molecule has 2 rings (SSSR count). The normalized spacial score (nSPS) is 11.0. The predicted molar refractivity (Wildman–Crippen MR) is 109 cm³/mol. The third-order valence-corrected chi connectivity index (χ3v) is 4.95. The van der Waals surface area contributed by atoms with Gasteiger partial charge in [-0.05, 0) is 59.7 Å². The lowest BCUT2D eigenvalue weighted by molar-refractivity contribution is 0.0693. The smallest absolute Gasteiger partial charge is 0.339 e. The Morgan fingerprint density at radius 3 is 2.22 bits per heavy atom. The molecule has 0 radical (unpaired) electrons. The summed E-state index contributed by atoms with van der Waals surface area (Å²) < 4.78 is 0. The third kappa shape index (κ3) is 5.14. The summed E-state index contributed by atoms with van der Waals surface area (Å²) in [5.74, 6) is 4.75. The Kier molecular flexibility index (Phi) is 6.69. The third-order valence-electron chi connectivity index (χ3n) is 4.95. The summed E-state index contributed by atoms with van der Waals surface area (Å²) in [5.41, 5.74) is 4.19. The number of aromatic hydroxyl groups is 1. The number of aromatic carboxylic acids is 1. The van der Waals surface area contributed by atoms with Gasteiger partial charge in [0, 0.05) is 11.1 Å². The van der Waals surface area contributed by atoms with Crippen molar-refractivity contribution >= 4 is 5.97 Å². The van der Waals surface area contributed by atoms with Gasteiger partial charge in [0.1, 0.15) is 11.3 Å². The van der Waals surface area contributed by atoms with Gasteiger partial charge in [0.15, 0.2) is 0 Å². The summed E-state index contributed by atoms with van der Waals surface area (Å²) >= 11 is 0. The van der Waals surface area contributed by atoms with E-state index in [2.05, 4.69) is 51.7 Å². The van der Waals surface area contributed by atoms with Gasteiger partial charge in [-0.1, -0.05) is 58.4 Å². The van der Waals surface area contributed by atoms with Gasteiger partial charge in [-0.15, -0.1) is 0 Å². The van der Waals surface area contributed by atoms with E-state index in [0.29, 0.717) is 5.56 Å². The fourth-order valence-electron chi connectivity index (χ4n) is 3.28. The molecule has 2 aromatic carbocycles. The molecule has 0 aliphatic carbocycles. The lowest BCUT2D eigenvalue weighted by Gasteiger charge is -2.28. The van der Waals surface area contributed by atoms with Gasteiger partial charge in [0.25, 0.3) is 0 Å². The number of hydrogen-bond acceptors (Lipinski definition) is 2. The minimum atomic E-state index is -1.15. The second-order valence-corrected chi connectivity index (χ2v) is 7.50. The van der Waals surface area contributed by atoms with Crippen molar-refractivity contribution in [1.29, 1.82) is 0 Å². The van der Waals surface area contributed by atoms with Crippen molar-refractivity contribution in [3.63, 3.8) is 0 Å². The SMILES string of the molecule is CCCCC(C)(C)c1cc(C#Cc2ccc(C(=O)O)c(O)c2)ccc1CC. The quantitative estimate of drug-likeness (QED) is 0.664. The molecule has 0 fully saturated rings. The zero-order valence-corrected chi connectivity index (χ0v) is 16.6. The number of aryl methyl sites for hydroxylation is 1. The average Bonchev–Trinajstić information content (AvgIpc) is 2.64. The van der Waals surface area contributed by atoms with E-state index in [1.165, 1.54) is 36.1 Å². The van der Waals surface area contributed by atoms with Crippen LogP contribution in [0.1, 0.15) is 79.6 Å². The summed E-state index contributed by atoms with van der Waals surface area (Å²) in [4.78, 5) is 11.0. The van der Waals surface area contributed by atoms with Gasteiger partial charge in [0.2, 0.25) is 0 Å². The Hall–Kier alpha value is -2.73. The first-order valence-electron chi connectivity index (χ1n) is 9.50. The molecule has 0 aliphatic rings. The molecule has 0 bridgehead atoms. The van der Waals surface area contributed by atoms with Gasteiger partial charge >= 0.3 is 5.97 Å². The lowest BCUT2D eigenvalue weighted by atomic mass is 9.77. The van der Waals surface area contributed by atoms with Crippen molar-refractivity contribution in [3.8, 4) is 17.6 Å². The second kappa shape index (κ2) is 8.77. The Bertz CT molecular complexity index is 882. The van der Waals surface area contributed by atoms with E-state index in [-0.39, 0.29) is 16.7 Å². The zero-order chi connectivity index (χ0) is 20.0. The average molecular weight is 364 g/mol. The first-order valence-corrected chi connectivity index (χ1v) is 9.50. The molecule has 0 spiro atoms. The van der Waals surface area contributed by atoms with Crippen LogP contribution < -0.4 is 0 Å². The second-order valence-electron chi connectivity index (χ2n) is 7.50. The number of carboxylic acid groups (broad SMARTS) is 1. The van der Waals surface area contributed by atoms with Crippen molar-refractivity contribution in [2.75, 3.05) is 0 Å². The number of phenols is 1. The summed E-state index contributed by atoms with van der Waals surface area (Å²) in [7, 11) is 0. The predicted octanol–water partition coefficient (Wildman–Crippen LogP) is 5.52. The molecule has 2 N–H and O–H groups in total. The molecule has 0 saturated carbocycles. The summed E-state index contributed by atoms with van der Waals surface area (Å²) in [6.07, 6.45) is 4.50. The zero-order valence-electron chi connectivity index (χ0n) is 16.6. The van der Waals surface area contributed by atoms with E-state index in [1.54, 1.807) is 6.07 Å². The van der Waals surface area contributed by atoms with Crippen LogP contribution in [0.3, 0.4) is 0 Å². The maximum Gasteiger partial charge on any atom is 0.339 e. The minimum absolute atomic E-state index is 0.0977. The monoisotopic (exact) mass is 364 g/mol. The van der Waals surface area contributed by atoms with Gasteiger partial charge in [0.05, 0.1) is 0 Å². The first-order chi connectivity index (χ1) is 12.8. The molecule has 0 unspecified atom stereocenters. The van der Waals surface area contributed by atoms with Crippen LogP contribution in [0.15, 0.2) is 36.4 Å². The Labute approximate surface area is 162 Å². The van der Waals surface area contributed by atoms with E-state index < -0.39 is 5.97 Å². The van der Waals surface area contributed by atoms with Crippen molar-refractivity contribution in [2.24, 2.45) is 0 Å². The van der Waals surface area contributed by atoms with Crippen LogP contribution in [0.4, 0.5) is 0 Å². The standard InChI is InChI=1S/C24H28O3/c1-5-7-14-24(3,4)21-15-17(10-12-19(21)6-2)8-9-18-11-13-20(23(26)27)22(25)16-18/h10-13,15-16,25H,5-7,14H2,1-4H3,(H,26,27). The van der Waals surface area contributed by atoms with Crippen LogP contribution >= 0.6 is 0 Å². The molecule has 0 heterocycles. The number of unbranched alkanes of at least 4 members (excludes halogenated alkanes) is 1. The molecule has 2 aromatic rings. The summed E-state index contributed by atoms with van der Waals surface area (Å²) in [5, 5.41) is 18.8. The maximum atomic E-state index is 11.0. The highest BCUT2D eigenvalue weighted by Crippen LogP contribution is 2.32. The Morgan fingerprint density at radius 2 is 1.67 bits per heavy atom. The Morgan fingerprint density at radius 1 is 1.04 bits per heavy atom. The molecular formula is C24H28O3. The van der Waals surface area contributed by atoms with E-state index in [4.69, 9.17) is 5.11 Å². The van der Waals surface area contributed by atoms with Crippen molar-refractivity contribution in [1.82, 2.24) is 0 Å². The molecular weight excluding hydrogens is 336 g/mol. The molecule has 0 amide bonds. The lowest BCUT2D eigenvalue weighted by Crippen LogP contribution is -2.19. The fraction of sp³-hybridized carbons (Fsp3) is 0.375. The van der Waals surface area contributed by atoms with E-state index >= 15 is 0 Å². The molecule has 0 aromatic heterocycles. The summed E-state index contributed by atoms with van der Waals surface area (Å²) in [6.45, 7) is 8.96. The molecule has 0 saturated heterocycles. The number of carboxylic acids is 1. The van der Waals surface area contributed by atoms with Crippen molar-refractivity contribution < 1.29 is 15.0 Å². The van der Waals surface area contributed by atoms with Crippen molar-refractivity contribution in [3.05, 3.63) is 64.2 Å². The number of carbonyl (C=O) groups is 1. The van der Waals surface area contributed by atoms with Gasteiger partial charge < -0.3 is 10.2 Å². The van der Waals surface area contributed by atoms with E-state index in [1.807, 2.05) is 6.07 Å². The molecule has 3 nitrogen and oxygen atoms in total. The highest BCUT2D eigenvalue weighted by molar-refractivity contribution is 5.90. The van der Waals surface area contributed by atoms with E-state index in [9.17, 15) is 9.90 Å². The number of hydrogen-bond donors (Lipinski definition) is 2. The van der Waals surface area contributed by atoms with Crippen LogP contribution in [0.5, 0.6) is 5.75 Å². The van der Waals surface area contributed by atoms with Crippen LogP contribution in [0, 0.1) is 11.8 Å². The Balaban J connectivity index is 2.36. The molecule has 0 aliphatic heterocycles. The largest absolute Gasteiger partial charge is 0.507 e. The summed E-state index contributed by atoms with van der Waals surface area (Å²) in [6, 6.07) is 10.7. The topological polar surface area (TPSA) is 57.5 Å². The fourth-order valence-corrected chi connectivity index (χ4v) is 3.28. The molecule has 3 heteroatoms. The molecule has 0 atom stereocenters. The highest BCUT2D eigenvalue weighted by Gasteiger charge is 2.22. The van der Waals surface area contributed by atoms with Crippen LogP contribution in [-0.2, 0) is 11.8 Å². The minimum Gasteiger partial charge on any atom is -0.507 e. The van der Waals surface area contributed by atoms with Gasteiger partial charge in [-0.25, -0.2) is 4.79 Å². The van der Waals surface area contributed by atoms with Crippen molar-refractivity contribution in [2.45, 2.75) is 58.8 Å². The first kappa shape index (κ1) is 20.6. The van der Waals surface area contributed by atoms with Crippen LogP contribution in [0.2, 0.25) is 0 Å².